The van der Waals surface area contributed by atoms with Gasteiger partial charge in [-0.3, -0.25) is 0 Å². The molecule has 0 fully saturated rings. The predicted octanol–water partition coefficient (Wildman–Crippen LogP) is 2.03. The monoisotopic (exact) mass is 238 g/mol. The van der Waals surface area contributed by atoms with Gasteiger partial charge in [0.05, 0.1) is 6.10 Å². The Morgan fingerprint density at radius 2 is 1.88 bits per heavy atom. The maximum absolute atomic E-state index is 11.2. The van der Waals surface area contributed by atoms with Crippen LogP contribution < -0.4 is 4.74 Å². The summed E-state index contributed by atoms with van der Waals surface area (Å²) in [6, 6.07) is 9.39. The van der Waals surface area contributed by atoms with Crippen LogP contribution in [0.5, 0.6) is 5.75 Å². The van der Waals surface area contributed by atoms with Gasteiger partial charge < -0.3 is 14.2 Å². The summed E-state index contributed by atoms with van der Waals surface area (Å²) in [5, 5.41) is 0. The highest BCUT2D eigenvalue weighted by Crippen LogP contribution is 2.07. The third kappa shape index (κ3) is 6.58. The van der Waals surface area contributed by atoms with Gasteiger partial charge in [0.2, 0.25) is 0 Å². The van der Waals surface area contributed by atoms with E-state index in [1.54, 1.807) is 0 Å². The molecule has 0 bridgehead atoms. The zero-order chi connectivity index (χ0) is 12.5. The van der Waals surface area contributed by atoms with Gasteiger partial charge in [-0.05, 0) is 26.0 Å². The molecule has 0 spiro atoms. The van der Waals surface area contributed by atoms with Gasteiger partial charge in [-0.15, -0.1) is 0 Å². The molecule has 1 rings (SSSR count). The fourth-order valence-corrected chi connectivity index (χ4v) is 1.11. The lowest BCUT2D eigenvalue weighted by molar-refractivity contribution is -0.151. The highest BCUT2D eigenvalue weighted by atomic mass is 16.6. The topological polar surface area (TPSA) is 44.8 Å². The minimum Gasteiger partial charge on any atom is -0.490 e. The van der Waals surface area contributed by atoms with E-state index < -0.39 is 0 Å². The zero-order valence-electron chi connectivity index (χ0n) is 10.2. The van der Waals surface area contributed by atoms with Gasteiger partial charge in [0.15, 0.2) is 0 Å². The molecule has 0 unspecified atom stereocenters. The van der Waals surface area contributed by atoms with Gasteiger partial charge in [-0.25, -0.2) is 4.79 Å². The van der Waals surface area contributed by atoms with Crippen molar-refractivity contribution in [1.82, 2.24) is 0 Å². The molecule has 0 atom stereocenters. The fourth-order valence-electron chi connectivity index (χ4n) is 1.11. The SMILES string of the molecule is CC(C)OCC(=O)OCCOc1ccccc1. The van der Waals surface area contributed by atoms with E-state index in [2.05, 4.69) is 0 Å². The molecule has 94 valence electrons. The minimum absolute atomic E-state index is 0.0109. The minimum atomic E-state index is -0.365. The van der Waals surface area contributed by atoms with Crippen LogP contribution in [0.3, 0.4) is 0 Å². The Morgan fingerprint density at radius 1 is 1.18 bits per heavy atom. The Kier molecular flexibility index (Phi) is 6.10. The van der Waals surface area contributed by atoms with E-state index in [4.69, 9.17) is 14.2 Å². The molecule has 0 aromatic heterocycles. The highest BCUT2D eigenvalue weighted by molar-refractivity contribution is 5.70. The summed E-state index contributed by atoms with van der Waals surface area (Å²) in [6.45, 7) is 4.30. The van der Waals surface area contributed by atoms with Crippen molar-refractivity contribution < 1.29 is 19.0 Å². The summed E-state index contributed by atoms with van der Waals surface area (Å²) in [5.41, 5.74) is 0. The standard InChI is InChI=1S/C13H18O4/c1-11(2)17-10-13(14)16-9-8-15-12-6-4-3-5-7-12/h3-7,11H,8-10H2,1-2H3. The Balaban J connectivity index is 2.06. The van der Waals surface area contributed by atoms with Gasteiger partial charge in [0.25, 0.3) is 0 Å². The number of rotatable bonds is 7. The van der Waals surface area contributed by atoms with Crippen LogP contribution in [0.25, 0.3) is 0 Å². The molecule has 0 radical (unpaired) electrons. The summed E-state index contributed by atoms with van der Waals surface area (Å²) in [4.78, 5) is 11.2. The number of benzene rings is 1. The van der Waals surface area contributed by atoms with Crippen LogP contribution in [0.2, 0.25) is 0 Å². The molecule has 0 aliphatic rings. The lowest BCUT2D eigenvalue weighted by atomic mass is 10.3. The molecule has 1 aromatic rings. The third-order valence-electron chi connectivity index (χ3n) is 1.89. The first-order chi connectivity index (χ1) is 8.18. The van der Waals surface area contributed by atoms with Crippen LogP contribution >= 0.6 is 0 Å². The van der Waals surface area contributed by atoms with E-state index in [0.717, 1.165) is 5.75 Å². The van der Waals surface area contributed by atoms with Gasteiger partial charge in [0.1, 0.15) is 25.6 Å². The van der Waals surface area contributed by atoms with Crippen molar-refractivity contribution in [2.24, 2.45) is 0 Å². The number of ether oxygens (including phenoxy) is 3. The van der Waals surface area contributed by atoms with Crippen molar-refractivity contribution in [3.8, 4) is 5.75 Å². The molecule has 1 aromatic carbocycles. The second-order valence-electron chi connectivity index (χ2n) is 3.74. The van der Waals surface area contributed by atoms with Crippen molar-refractivity contribution >= 4 is 5.97 Å². The summed E-state index contributed by atoms with van der Waals surface area (Å²) in [7, 11) is 0. The maximum atomic E-state index is 11.2. The molecular formula is C13H18O4. The molecule has 0 aliphatic heterocycles. The summed E-state index contributed by atoms with van der Waals surface area (Å²) in [6.07, 6.45) is 0.0307. The Bertz CT molecular complexity index is 321. The maximum Gasteiger partial charge on any atom is 0.332 e. The zero-order valence-corrected chi connectivity index (χ0v) is 10.2. The second kappa shape index (κ2) is 7.68. The first-order valence-corrected chi connectivity index (χ1v) is 5.63. The van der Waals surface area contributed by atoms with Crippen molar-refractivity contribution in [3.63, 3.8) is 0 Å². The van der Waals surface area contributed by atoms with Crippen LogP contribution in [0, 0.1) is 0 Å². The lowest BCUT2D eigenvalue weighted by Crippen LogP contribution is -2.18. The van der Waals surface area contributed by atoms with Crippen LogP contribution in [0.15, 0.2) is 30.3 Å². The van der Waals surface area contributed by atoms with Crippen LogP contribution in [0.4, 0.5) is 0 Å². The molecule has 0 aliphatic carbocycles. The normalized spacial score (nSPS) is 10.3. The van der Waals surface area contributed by atoms with Crippen LogP contribution in [-0.2, 0) is 14.3 Å². The lowest BCUT2D eigenvalue weighted by Gasteiger charge is -2.08. The summed E-state index contributed by atoms with van der Waals surface area (Å²) >= 11 is 0. The van der Waals surface area contributed by atoms with E-state index >= 15 is 0 Å². The smallest absolute Gasteiger partial charge is 0.332 e. The number of carbonyl (C=O) groups is 1. The average molecular weight is 238 g/mol. The Labute approximate surface area is 101 Å². The van der Waals surface area contributed by atoms with Gasteiger partial charge in [-0.1, -0.05) is 18.2 Å². The number of carbonyl (C=O) groups excluding carboxylic acids is 1. The van der Waals surface area contributed by atoms with E-state index in [1.807, 2.05) is 44.2 Å². The summed E-state index contributed by atoms with van der Waals surface area (Å²) < 4.78 is 15.4. The van der Waals surface area contributed by atoms with Crippen molar-refractivity contribution in [3.05, 3.63) is 30.3 Å². The van der Waals surface area contributed by atoms with Crippen molar-refractivity contribution in [1.29, 1.82) is 0 Å². The van der Waals surface area contributed by atoms with E-state index in [-0.39, 0.29) is 25.3 Å². The molecule has 0 saturated heterocycles. The molecule has 0 amide bonds. The van der Waals surface area contributed by atoms with Gasteiger partial charge >= 0.3 is 5.97 Å². The molecule has 0 N–H and O–H groups in total. The van der Waals surface area contributed by atoms with Gasteiger partial charge in [0, 0.05) is 0 Å². The largest absolute Gasteiger partial charge is 0.490 e. The molecule has 4 nitrogen and oxygen atoms in total. The number of esters is 1. The molecule has 0 heterocycles. The molecule has 17 heavy (non-hydrogen) atoms. The molecular weight excluding hydrogens is 220 g/mol. The molecule has 4 heteroatoms. The van der Waals surface area contributed by atoms with E-state index in [1.165, 1.54) is 0 Å². The molecule has 0 saturated carbocycles. The number of hydrogen-bond acceptors (Lipinski definition) is 4. The first-order valence-electron chi connectivity index (χ1n) is 5.63. The quantitative estimate of drug-likeness (QED) is 0.538. The van der Waals surface area contributed by atoms with Gasteiger partial charge in [-0.2, -0.15) is 0 Å². The predicted molar refractivity (Wildman–Crippen MR) is 64.0 cm³/mol. The van der Waals surface area contributed by atoms with Crippen LogP contribution in [-0.4, -0.2) is 31.9 Å². The van der Waals surface area contributed by atoms with E-state index in [9.17, 15) is 4.79 Å². The Morgan fingerprint density at radius 3 is 2.53 bits per heavy atom. The van der Waals surface area contributed by atoms with Crippen LogP contribution in [0.1, 0.15) is 13.8 Å². The number of hydrogen-bond donors (Lipinski definition) is 0. The second-order valence-corrected chi connectivity index (χ2v) is 3.74. The first kappa shape index (κ1) is 13.5. The average Bonchev–Trinajstić information content (AvgIpc) is 2.33. The van der Waals surface area contributed by atoms with Crippen molar-refractivity contribution in [2.75, 3.05) is 19.8 Å². The highest BCUT2D eigenvalue weighted by Gasteiger charge is 2.04. The third-order valence-corrected chi connectivity index (χ3v) is 1.89. The Hall–Kier alpha value is -1.55. The van der Waals surface area contributed by atoms with Crippen molar-refractivity contribution in [2.45, 2.75) is 20.0 Å². The summed E-state index contributed by atoms with van der Waals surface area (Å²) in [5.74, 6) is 0.400. The number of para-hydroxylation sites is 1. The fraction of sp³-hybridized carbons (Fsp3) is 0.462. The van der Waals surface area contributed by atoms with E-state index in [0.29, 0.717) is 6.61 Å².